The lowest BCUT2D eigenvalue weighted by atomic mass is 10.2. The van der Waals surface area contributed by atoms with Gasteiger partial charge in [0.2, 0.25) is 0 Å². The van der Waals surface area contributed by atoms with Crippen molar-refractivity contribution in [2.75, 3.05) is 10.6 Å². The molecule has 2 N–H and O–H groups in total. The lowest BCUT2D eigenvalue weighted by Crippen LogP contribution is -2.23. The molecule has 0 unspecified atom stereocenters. The second-order valence-corrected chi connectivity index (χ2v) is 6.81. The maximum absolute atomic E-state index is 12.9. The van der Waals surface area contributed by atoms with Crippen molar-refractivity contribution in [3.05, 3.63) is 88.5 Å². The van der Waals surface area contributed by atoms with E-state index in [2.05, 4.69) is 10.6 Å². The van der Waals surface area contributed by atoms with Crippen molar-refractivity contribution in [1.82, 2.24) is 9.36 Å². The Labute approximate surface area is 180 Å². The van der Waals surface area contributed by atoms with Crippen molar-refractivity contribution >= 4 is 23.1 Å². The Morgan fingerprint density at radius 3 is 2.38 bits per heavy atom. The molecule has 7 nitrogen and oxygen atoms in total. The highest BCUT2D eigenvalue weighted by molar-refractivity contribution is 6.05. The van der Waals surface area contributed by atoms with Gasteiger partial charge in [-0.2, -0.15) is 13.2 Å². The summed E-state index contributed by atoms with van der Waals surface area (Å²) in [4.78, 5) is 36.5. The normalized spacial score (nSPS) is 11.5. The highest BCUT2D eigenvalue weighted by Gasteiger charge is 2.36. The zero-order chi connectivity index (χ0) is 23.5. The molecule has 1 heterocycles. The smallest absolute Gasteiger partial charge is 0.362 e. The summed E-state index contributed by atoms with van der Waals surface area (Å²) in [5.74, 6) is -2.58. The fourth-order valence-electron chi connectivity index (χ4n) is 2.96. The summed E-state index contributed by atoms with van der Waals surface area (Å²) in [6, 6.07) is 14.8. The maximum atomic E-state index is 12.9. The van der Waals surface area contributed by atoms with Gasteiger partial charge in [-0.05, 0) is 37.3 Å². The molecule has 0 aliphatic rings. The molecule has 3 aromatic rings. The number of nitrogens with one attached hydrogen (secondary N) is 2. The molecular formula is C22H19F3N4O3. The second-order valence-electron chi connectivity index (χ2n) is 6.81. The number of carbonyl (C=O) groups is 2. The van der Waals surface area contributed by atoms with E-state index < -0.39 is 23.4 Å². The van der Waals surface area contributed by atoms with Gasteiger partial charge in [-0.1, -0.05) is 24.3 Å². The molecular weight excluding hydrogens is 425 g/mol. The minimum Gasteiger partial charge on any atom is -0.362 e. The highest BCUT2D eigenvalue weighted by atomic mass is 19.4. The molecule has 166 valence electrons. The monoisotopic (exact) mass is 444 g/mol. The van der Waals surface area contributed by atoms with Gasteiger partial charge < -0.3 is 10.6 Å². The summed E-state index contributed by atoms with van der Waals surface area (Å²) >= 11 is 0. The molecule has 3 rings (SSSR count). The van der Waals surface area contributed by atoms with Crippen LogP contribution in [0.2, 0.25) is 0 Å². The van der Waals surface area contributed by atoms with Gasteiger partial charge in [-0.15, -0.1) is 0 Å². The zero-order valence-corrected chi connectivity index (χ0v) is 17.1. The average Bonchev–Trinajstić information content (AvgIpc) is 2.97. The molecule has 0 spiro atoms. The van der Waals surface area contributed by atoms with E-state index in [1.807, 2.05) is 6.07 Å². The van der Waals surface area contributed by atoms with E-state index in [9.17, 15) is 27.6 Å². The number of nitrogens with zero attached hydrogens (tertiary/aromatic N) is 2. The van der Waals surface area contributed by atoms with Gasteiger partial charge in [0.1, 0.15) is 5.69 Å². The Hall–Kier alpha value is -4.08. The highest BCUT2D eigenvalue weighted by Crippen LogP contribution is 2.18. The molecule has 32 heavy (non-hydrogen) atoms. The standard InChI is InChI=1S/C22H19F3N4O3/c1-14-19(21(32)29(28(14)2)17-9-4-3-5-10-17)27-20(31)15-7-6-8-16(13-15)26-12-11-18(30)22(23,24)25/h3-13,26H,1-2H3,(H,27,31)/b12-11+. The number of carbonyl (C=O) groups excluding carboxylic acids is 2. The number of allylic oxidation sites excluding steroid dienone is 1. The van der Waals surface area contributed by atoms with Gasteiger partial charge in [0, 0.05) is 30.6 Å². The van der Waals surface area contributed by atoms with Gasteiger partial charge >= 0.3 is 6.18 Å². The number of ketones is 1. The molecule has 0 radical (unpaired) electrons. The number of rotatable bonds is 6. The SMILES string of the molecule is Cc1c(NC(=O)c2cccc(N/C=C/C(=O)C(F)(F)F)c2)c(=O)n(-c2ccccc2)n1C. The van der Waals surface area contributed by atoms with E-state index in [0.717, 1.165) is 6.20 Å². The molecule has 2 aromatic carbocycles. The van der Waals surface area contributed by atoms with E-state index in [0.29, 0.717) is 17.5 Å². The quantitative estimate of drug-likeness (QED) is 0.567. The Balaban J connectivity index is 1.80. The predicted molar refractivity (Wildman–Crippen MR) is 114 cm³/mol. The van der Waals surface area contributed by atoms with Crippen molar-refractivity contribution in [3.8, 4) is 5.69 Å². The van der Waals surface area contributed by atoms with E-state index in [-0.39, 0.29) is 16.9 Å². The van der Waals surface area contributed by atoms with Crippen LogP contribution in [0, 0.1) is 6.92 Å². The van der Waals surface area contributed by atoms with Crippen molar-refractivity contribution in [2.24, 2.45) is 7.05 Å². The van der Waals surface area contributed by atoms with Crippen molar-refractivity contribution in [3.63, 3.8) is 0 Å². The molecule has 0 aliphatic heterocycles. The first kappa shape index (κ1) is 22.6. The van der Waals surface area contributed by atoms with E-state index in [1.54, 1.807) is 42.9 Å². The lowest BCUT2D eigenvalue weighted by Gasteiger charge is -2.07. The van der Waals surface area contributed by atoms with E-state index >= 15 is 0 Å². The molecule has 0 aliphatic carbocycles. The van der Waals surface area contributed by atoms with Crippen LogP contribution in [0.1, 0.15) is 16.1 Å². The summed E-state index contributed by atoms with van der Waals surface area (Å²) in [5.41, 5.74) is 1.32. The van der Waals surface area contributed by atoms with Crippen LogP contribution in [-0.4, -0.2) is 27.2 Å². The van der Waals surface area contributed by atoms with Crippen LogP contribution >= 0.6 is 0 Å². The first-order valence-corrected chi connectivity index (χ1v) is 9.39. The van der Waals surface area contributed by atoms with Gasteiger partial charge in [0.25, 0.3) is 17.2 Å². The fourth-order valence-corrected chi connectivity index (χ4v) is 2.96. The number of hydrogen-bond donors (Lipinski definition) is 2. The first-order valence-electron chi connectivity index (χ1n) is 9.39. The Morgan fingerprint density at radius 2 is 1.72 bits per heavy atom. The first-order chi connectivity index (χ1) is 15.1. The zero-order valence-electron chi connectivity index (χ0n) is 17.1. The minimum absolute atomic E-state index is 0.107. The van der Waals surface area contributed by atoms with Gasteiger partial charge in [0.05, 0.1) is 11.4 Å². The second kappa shape index (κ2) is 8.96. The Morgan fingerprint density at radius 1 is 1.03 bits per heavy atom. The Bertz CT molecular complexity index is 1240. The number of alkyl halides is 3. The van der Waals surface area contributed by atoms with Crippen LogP contribution in [0.15, 0.2) is 71.7 Å². The van der Waals surface area contributed by atoms with Gasteiger partial charge in [0.15, 0.2) is 0 Å². The molecule has 1 aromatic heterocycles. The van der Waals surface area contributed by atoms with Crippen LogP contribution < -0.4 is 16.2 Å². The summed E-state index contributed by atoms with van der Waals surface area (Å²) in [7, 11) is 1.69. The van der Waals surface area contributed by atoms with E-state index in [1.165, 1.54) is 28.9 Å². The third kappa shape index (κ3) is 4.80. The van der Waals surface area contributed by atoms with Crippen LogP contribution in [0.3, 0.4) is 0 Å². The van der Waals surface area contributed by atoms with Crippen molar-refractivity contribution in [2.45, 2.75) is 13.1 Å². The molecule has 0 saturated carbocycles. The number of halogens is 3. The van der Waals surface area contributed by atoms with Crippen LogP contribution in [0.4, 0.5) is 24.5 Å². The minimum atomic E-state index is -4.96. The lowest BCUT2D eigenvalue weighted by molar-refractivity contribution is -0.165. The number of benzene rings is 2. The summed E-state index contributed by atoms with van der Waals surface area (Å²) < 4.78 is 39.8. The molecule has 10 heteroatoms. The predicted octanol–water partition coefficient (Wildman–Crippen LogP) is 3.79. The number of aromatic nitrogens is 2. The van der Waals surface area contributed by atoms with Crippen molar-refractivity contribution < 1.29 is 22.8 Å². The molecule has 1 amide bonds. The molecule has 0 atom stereocenters. The summed E-state index contributed by atoms with van der Waals surface area (Å²) in [6.07, 6.45) is -3.76. The number of para-hydroxylation sites is 1. The third-order valence-electron chi connectivity index (χ3n) is 4.68. The topological polar surface area (TPSA) is 85.1 Å². The number of amides is 1. The number of anilines is 2. The van der Waals surface area contributed by atoms with Crippen LogP contribution in [0.5, 0.6) is 0 Å². The summed E-state index contributed by atoms with van der Waals surface area (Å²) in [5, 5.41) is 5.12. The molecule has 0 saturated heterocycles. The maximum Gasteiger partial charge on any atom is 0.454 e. The molecule has 0 fully saturated rings. The van der Waals surface area contributed by atoms with Gasteiger partial charge in [-0.3, -0.25) is 19.1 Å². The van der Waals surface area contributed by atoms with Crippen LogP contribution in [0.25, 0.3) is 5.69 Å². The third-order valence-corrected chi connectivity index (χ3v) is 4.68. The van der Waals surface area contributed by atoms with Gasteiger partial charge in [-0.25, -0.2) is 4.68 Å². The molecule has 0 bridgehead atoms. The van der Waals surface area contributed by atoms with E-state index in [4.69, 9.17) is 0 Å². The van der Waals surface area contributed by atoms with Crippen molar-refractivity contribution in [1.29, 1.82) is 0 Å². The number of hydrogen-bond acceptors (Lipinski definition) is 4. The summed E-state index contributed by atoms with van der Waals surface area (Å²) in [6.45, 7) is 1.69. The Kier molecular flexibility index (Phi) is 6.33. The average molecular weight is 444 g/mol. The van der Waals surface area contributed by atoms with Crippen LogP contribution in [-0.2, 0) is 11.8 Å². The fraction of sp³-hybridized carbons (Fsp3) is 0.136. The largest absolute Gasteiger partial charge is 0.454 e.